The second kappa shape index (κ2) is 6.77. The van der Waals surface area contributed by atoms with Crippen molar-refractivity contribution in [2.45, 2.75) is 38.1 Å². The van der Waals surface area contributed by atoms with Gasteiger partial charge in [-0.15, -0.1) is 11.3 Å². The van der Waals surface area contributed by atoms with Crippen molar-refractivity contribution in [3.05, 3.63) is 40.2 Å². The van der Waals surface area contributed by atoms with E-state index in [2.05, 4.69) is 14.9 Å². The Balaban J connectivity index is 1.94. The van der Waals surface area contributed by atoms with Crippen LogP contribution in [0, 0.1) is 6.92 Å². The molecule has 0 aliphatic carbocycles. The highest BCUT2D eigenvalue weighted by atomic mass is 35.5. The molecular formula is C17H18ClN3O3S2. The van der Waals surface area contributed by atoms with Gasteiger partial charge in [-0.25, -0.2) is 13.1 Å². The second-order valence-electron chi connectivity index (χ2n) is 6.82. The van der Waals surface area contributed by atoms with Crippen molar-refractivity contribution < 1.29 is 12.9 Å². The van der Waals surface area contributed by atoms with Gasteiger partial charge in [-0.2, -0.15) is 4.98 Å². The molecule has 0 amide bonds. The topological polar surface area (TPSA) is 85.1 Å². The van der Waals surface area contributed by atoms with Crippen molar-refractivity contribution in [2.75, 3.05) is 0 Å². The molecule has 9 heteroatoms. The molecule has 0 spiro atoms. The fourth-order valence-electron chi connectivity index (χ4n) is 2.34. The normalized spacial score (nSPS) is 12.5. The third-order valence-corrected chi connectivity index (χ3v) is 6.65. The summed E-state index contributed by atoms with van der Waals surface area (Å²) >= 11 is 7.18. The molecule has 26 heavy (non-hydrogen) atoms. The van der Waals surface area contributed by atoms with Gasteiger partial charge in [0.1, 0.15) is 0 Å². The predicted octanol–water partition coefficient (Wildman–Crippen LogP) is 4.50. The number of thiophene rings is 1. The first-order valence-electron chi connectivity index (χ1n) is 7.80. The molecule has 0 atom stereocenters. The Labute approximate surface area is 161 Å². The molecule has 0 radical (unpaired) electrons. The van der Waals surface area contributed by atoms with Gasteiger partial charge in [0.25, 0.3) is 5.89 Å². The molecule has 0 saturated carbocycles. The highest BCUT2D eigenvalue weighted by Crippen LogP contribution is 2.34. The largest absolute Gasteiger partial charge is 0.333 e. The molecular weight excluding hydrogens is 394 g/mol. The summed E-state index contributed by atoms with van der Waals surface area (Å²) < 4.78 is 33.1. The zero-order valence-electron chi connectivity index (χ0n) is 14.7. The SMILES string of the molecule is Cc1sc(-c2nc(-c3ccc(Cl)cc3)no2)cc1S(=O)(=O)NC(C)(C)C. The summed E-state index contributed by atoms with van der Waals surface area (Å²) in [5, 5.41) is 4.58. The van der Waals surface area contributed by atoms with Crippen LogP contribution in [0.2, 0.25) is 5.02 Å². The van der Waals surface area contributed by atoms with Crippen LogP contribution in [-0.2, 0) is 10.0 Å². The summed E-state index contributed by atoms with van der Waals surface area (Å²) in [6, 6.07) is 8.63. The number of nitrogens with zero attached hydrogens (tertiary/aromatic N) is 2. The zero-order chi connectivity index (χ0) is 19.1. The number of aryl methyl sites for hydroxylation is 1. The Bertz CT molecular complexity index is 1030. The number of sulfonamides is 1. The number of rotatable bonds is 4. The van der Waals surface area contributed by atoms with E-state index in [9.17, 15) is 8.42 Å². The van der Waals surface area contributed by atoms with Gasteiger partial charge in [0, 0.05) is 21.0 Å². The smallest absolute Gasteiger partial charge is 0.268 e. The molecule has 0 aliphatic rings. The molecule has 0 fully saturated rings. The van der Waals surface area contributed by atoms with Gasteiger partial charge in [-0.3, -0.25) is 0 Å². The third kappa shape index (κ3) is 4.15. The highest BCUT2D eigenvalue weighted by Gasteiger charge is 2.26. The summed E-state index contributed by atoms with van der Waals surface area (Å²) in [6.45, 7) is 7.14. The number of hydrogen-bond donors (Lipinski definition) is 1. The van der Waals surface area contributed by atoms with Gasteiger partial charge in [-0.1, -0.05) is 16.8 Å². The molecule has 3 rings (SSSR count). The van der Waals surface area contributed by atoms with Gasteiger partial charge < -0.3 is 4.52 Å². The monoisotopic (exact) mass is 411 g/mol. The fraction of sp³-hybridized carbons (Fsp3) is 0.294. The molecule has 0 saturated heterocycles. The molecule has 2 aromatic heterocycles. The van der Waals surface area contributed by atoms with E-state index in [1.54, 1.807) is 58.0 Å². The van der Waals surface area contributed by atoms with E-state index in [4.69, 9.17) is 16.1 Å². The Morgan fingerprint density at radius 2 is 1.85 bits per heavy atom. The summed E-state index contributed by atoms with van der Waals surface area (Å²) in [6.07, 6.45) is 0. The fourth-order valence-corrected chi connectivity index (χ4v) is 5.39. The van der Waals surface area contributed by atoms with Crippen molar-refractivity contribution in [1.29, 1.82) is 0 Å². The lowest BCUT2D eigenvalue weighted by Gasteiger charge is -2.20. The van der Waals surface area contributed by atoms with E-state index < -0.39 is 15.6 Å². The van der Waals surface area contributed by atoms with E-state index in [0.29, 0.717) is 20.6 Å². The van der Waals surface area contributed by atoms with Gasteiger partial charge in [0.05, 0.1) is 9.77 Å². The average Bonchev–Trinajstić information content (AvgIpc) is 3.12. The molecule has 138 valence electrons. The molecule has 1 N–H and O–H groups in total. The summed E-state index contributed by atoms with van der Waals surface area (Å²) in [5.74, 6) is 0.695. The van der Waals surface area contributed by atoms with Gasteiger partial charge in [-0.05, 0) is 58.0 Å². The quantitative estimate of drug-likeness (QED) is 0.682. The van der Waals surface area contributed by atoms with Crippen LogP contribution in [0.3, 0.4) is 0 Å². The van der Waals surface area contributed by atoms with E-state index in [0.717, 1.165) is 5.56 Å². The van der Waals surface area contributed by atoms with Crippen molar-refractivity contribution >= 4 is 33.0 Å². The number of benzene rings is 1. The van der Waals surface area contributed by atoms with Crippen LogP contribution in [0.5, 0.6) is 0 Å². The Hall–Kier alpha value is -1.74. The first-order chi connectivity index (χ1) is 12.0. The van der Waals surface area contributed by atoms with Gasteiger partial charge >= 0.3 is 0 Å². The van der Waals surface area contributed by atoms with E-state index in [1.807, 2.05) is 0 Å². The molecule has 0 unspecified atom stereocenters. The first-order valence-corrected chi connectivity index (χ1v) is 10.5. The molecule has 0 aliphatic heterocycles. The van der Waals surface area contributed by atoms with Crippen LogP contribution >= 0.6 is 22.9 Å². The molecule has 3 aromatic rings. The summed E-state index contributed by atoms with van der Waals surface area (Å²) in [5.41, 5.74) is 0.194. The third-order valence-electron chi connectivity index (χ3n) is 3.34. The second-order valence-corrected chi connectivity index (χ2v) is 10.2. The van der Waals surface area contributed by atoms with Crippen molar-refractivity contribution in [3.8, 4) is 22.2 Å². The Morgan fingerprint density at radius 3 is 2.46 bits per heavy atom. The van der Waals surface area contributed by atoms with Crippen LogP contribution < -0.4 is 4.72 Å². The van der Waals surface area contributed by atoms with Crippen molar-refractivity contribution in [2.24, 2.45) is 0 Å². The summed E-state index contributed by atoms with van der Waals surface area (Å²) in [7, 11) is -3.63. The average molecular weight is 412 g/mol. The van der Waals surface area contributed by atoms with Crippen LogP contribution in [0.25, 0.3) is 22.2 Å². The maximum Gasteiger partial charge on any atom is 0.268 e. The number of aromatic nitrogens is 2. The number of halogens is 1. The van der Waals surface area contributed by atoms with Crippen LogP contribution in [0.15, 0.2) is 39.8 Å². The Morgan fingerprint density at radius 1 is 1.19 bits per heavy atom. The summed E-state index contributed by atoms with van der Waals surface area (Å²) in [4.78, 5) is 5.84. The standard InChI is InChI=1S/C17H18ClN3O3S2/c1-10-14(26(22,23)21-17(2,3)4)9-13(25-10)16-19-15(20-24-16)11-5-7-12(18)8-6-11/h5-9,21H,1-4H3. The lowest BCUT2D eigenvalue weighted by atomic mass is 10.1. The predicted molar refractivity (Wildman–Crippen MR) is 103 cm³/mol. The lowest BCUT2D eigenvalue weighted by Crippen LogP contribution is -2.40. The maximum absolute atomic E-state index is 12.6. The minimum absolute atomic E-state index is 0.221. The molecule has 6 nitrogen and oxygen atoms in total. The number of nitrogens with one attached hydrogen (secondary N) is 1. The first kappa shape index (κ1) is 19.0. The van der Waals surface area contributed by atoms with E-state index >= 15 is 0 Å². The molecule has 2 heterocycles. The van der Waals surface area contributed by atoms with Crippen LogP contribution in [0.1, 0.15) is 25.6 Å². The Kier molecular flexibility index (Phi) is 4.96. The van der Waals surface area contributed by atoms with Gasteiger partial charge in [0.15, 0.2) is 0 Å². The molecule has 0 bridgehead atoms. The minimum Gasteiger partial charge on any atom is -0.333 e. The highest BCUT2D eigenvalue weighted by molar-refractivity contribution is 7.89. The van der Waals surface area contributed by atoms with Gasteiger partial charge in [0.2, 0.25) is 15.8 Å². The van der Waals surface area contributed by atoms with Crippen molar-refractivity contribution in [3.63, 3.8) is 0 Å². The van der Waals surface area contributed by atoms with Crippen molar-refractivity contribution in [1.82, 2.24) is 14.9 Å². The van der Waals surface area contributed by atoms with E-state index in [1.165, 1.54) is 11.3 Å². The maximum atomic E-state index is 12.6. The van der Waals surface area contributed by atoms with E-state index in [-0.39, 0.29) is 10.8 Å². The number of hydrogen-bond acceptors (Lipinski definition) is 6. The minimum atomic E-state index is -3.63. The van der Waals surface area contributed by atoms with Crippen LogP contribution in [0.4, 0.5) is 0 Å². The van der Waals surface area contributed by atoms with Crippen LogP contribution in [-0.4, -0.2) is 24.1 Å². The lowest BCUT2D eigenvalue weighted by molar-refractivity contribution is 0.433. The zero-order valence-corrected chi connectivity index (χ0v) is 17.1. The molecule has 1 aromatic carbocycles.